The van der Waals surface area contributed by atoms with Gasteiger partial charge in [-0.1, -0.05) is 19.1 Å². The molecule has 33 heavy (non-hydrogen) atoms. The summed E-state index contributed by atoms with van der Waals surface area (Å²) < 4.78 is 12.2. The summed E-state index contributed by atoms with van der Waals surface area (Å²) >= 11 is 0. The summed E-state index contributed by atoms with van der Waals surface area (Å²) in [5.74, 6) is 0.799. The number of hydrogen-bond acceptors (Lipinski definition) is 5. The number of methoxy groups -OCH3 is 1. The average molecular weight is 448 g/mol. The van der Waals surface area contributed by atoms with Gasteiger partial charge in [-0.15, -0.1) is 0 Å². The fraction of sp³-hybridized carbons (Fsp3) is 0.346. The van der Waals surface area contributed by atoms with Crippen molar-refractivity contribution in [3.8, 4) is 22.7 Å². The van der Waals surface area contributed by atoms with Gasteiger partial charge in [0.1, 0.15) is 5.75 Å². The molecular formula is C26H29N3O4. The number of ether oxygens (including phenoxy) is 2. The lowest BCUT2D eigenvalue weighted by atomic mass is 9.99. The summed E-state index contributed by atoms with van der Waals surface area (Å²) in [6.07, 6.45) is 2.21. The molecule has 1 aliphatic rings. The predicted molar refractivity (Wildman–Crippen MR) is 126 cm³/mol. The molecule has 0 bridgehead atoms. The number of piperidine rings is 1. The van der Waals surface area contributed by atoms with Gasteiger partial charge in [0, 0.05) is 24.2 Å². The van der Waals surface area contributed by atoms with E-state index in [9.17, 15) is 9.59 Å². The molecule has 0 unspecified atom stereocenters. The van der Waals surface area contributed by atoms with Gasteiger partial charge >= 0.3 is 5.97 Å². The smallest absolute Gasteiger partial charge is 0.358 e. The highest BCUT2D eigenvalue weighted by atomic mass is 16.5. The molecule has 1 saturated heterocycles. The van der Waals surface area contributed by atoms with Crippen LogP contribution < -0.4 is 4.74 Å². The molecule has 4 rings (SSSR count). The van der Waals surface area contributed by atoms with Crippen LogP contribution in [0.25, 0.3) is 16.9 Å². The van der Waals surface area contributed by atoms with Crippen LogP contribution in [0.1, 0.15) is 47.5 Å². The van der Waals surface area contributed by atoms with E-state index < -0.39 is 5.97 Å². The first-order valence-corrected chi connectivity index (χ1v) is 11.3. The van der Waals surface area contributed by atoms with Gasteiger partial charge in [-0.05, 0) is 68.1 Å². The molecule has 1 amide bonds. The van der Waals surface area contributed by atoms with Crippen LogP contribution >= 0.6 is 0 Å². The van der Waals surface area contributed by atoms with E-state index in [4.69, 9.17) is 9.47 Å². The Hall–Kier alpha value is -3.61. The zero-order valence-corrected chi connectivity index (χ0v) is 19.3. The first-order valence-electron chi connectivity index (χ1n) is 11.3. The summed E-state index contributed by atoms with van der Waals surface area (Å²) in [5.41, 5.74) is 3.18. The van der Waals surface area contributed by atoms with Crippen LogP contribution in [-0.4, -0.2) is 53.4 Å². The quantitative estimate of drug-likeness (QED) is 0.517. The Morgan fingerprint density at radius 2 is 1.91 bits per heavy atom. The predicted octanol–water partition coefficient (Wildman–Crippen LogP) is 4.60. The van der Waals surface area contributed by atoms with Crippen molar-refractivity contribution >= 4 is 11.9 Å². The van der Waals surface area contributed by atoms with E-state index in [0.717, 1.165) is 42.9 Å². The summed E-state index contributed by atoms with van der Waals surface area (Å²) in [4.78, 5) is 27.2. The van der Waals surface area contributed by atoms with Crippen LogP contribution in [-0.2, 0) is 4.74 Å². The molecule has 1 aromatic heterocycles. The second kappa shape index (κ2) is 9.90. The third kappa shape index (κ3) is 4.92. The first kappa shape index (κ1) is 22.6. The summed E-state index contributed by atoms with van der Waals surface area (Å²) in [7, 11) is 1.61. The second-order valence-electron chi connectivity index (χ2n) is 8.32. The van der Waals surface area contributed by atoms with Crippen molar-refractivity contribution in [2.45, 2.75) is 26.7 Å². The van der Waals surface area contributed by atoms with E-state index in [1.165, 1.54) is 0 Å². The molecule has 0 spiro atoms. The van der Waals surface area contributed by atoms with Crippen molar-refractivity contribution in [2.75, 3.05) is 26.8 Å². The van der Waals surface area contributed by atoms with E-state index in [1.54, 1.807) is 24.8 Å². The third-order valence-corrected chi connectivity index (χ3v) is 5.86. The Morgan fingerprint density at radius 3 is 2.61 bits per heavy atom. The van der Waals surface area contributed by atoms with Gasteiger partial charge in [0.15, 0.2) is 5.69 Å². The fourth-order valence-electron chi connectivity index (χ4n) is 4.17. The highest BCUT2D eigenvalue weighted by Gasteiger charge is 2.23. The molecule has 1 aliphatic heterocycles. The minimum absolute atomic E-state index is 0.0498. The molecular weight excluding hydrogens is 418 g/mol. The van der Waals surface area contributed by atoms with Crippen LogP contribution in [0.5, 0.6) is 5.75 Å². The molecule has 1 fully saturated rings. The van der Waals surface area contributed by atoms with Crippen molar-refractivity contribution < 1.29 is 19.1 Å². The number of amides is 1. The van der Waals surface area contributed by atoms with Crippen molar-refractivity contribution in [1.29, 1.82) is 0 Å². The SMILES string of the molecule is CCOC(=O)c1cc(-c2cccc(OC)c2)n(-c2ccc(C(=O)N3CCC[C@H](C)C3)cc2)n1. The molecule has 7 nitrogen and oxygen atoms in total. The largest absolute Gasteiger partial charge is 0.497 e. The van der Waals surface area contributed by atoms with Crippen LogP contribution in [0, 0.1) is 5.92 Å². The van der Waals surface area contributed by atoms with Gasteiger partial charge in [-0.2, -0.15) is 5.10 Å². The van der Waals surface area contributed by atoms with Gasteiger partial charge < -0.3 is 14.4 Å². The van der Waals surface area contributed by atoms with Crippen LogP contribution in [0.2, 0.25) is 0 Å². The maximum absolute atomic E-state index is 12.9. The maximum atomic E-state index is 12.9. The lowest BCUT2D eigenvalue weighted by Gasteiger charge is -2.31. The van der Waals surface area contributed by atoms with Gasteiger partial charge in [-0.25, -0.2) is 9.48 Å². The Kier molecular flexibility index (Phi) is 6.77. The lowest BCUT2D eigenvalue weighted by molar-refractivity contribution is 0.0518. The molecule has 0 N–H and O–H groups in total. The number of likely N-dealkylation sites (tertiary alicyclic amines) is 1. The fourth-order valence-corrected chi connectivity index (χ4v) is 4.17. The van der Waals surface area contributed by atoms with Crippen molar-refractivity contribution in [3.63, 3.8) is 0 Å². The van der Waals surface area contributed by atoms with Gasteiger partial charge in [0.05, 0.1) is 25.1 Å². The third-order valence-electron chi connectivity index (χ3n) is 5.86. The molecule has 0 radical (unpaired) electrons. The molecule has 7 heteroatoms. The minimum Gasteiger partial charge on any atom is -0.497 e. The molecule has 1 atom stereocenters. The molecule has 172 valence electrons. The number of nitrogens with zero attached hydrogens (tertiary/aromatic N) is 3. The van der Waals surface area contributed by atoms with Crippen LogP contribution in [0.3, 0.4) is 0 Å². The highest BCUT2D eigenvalue weighted by molar-refractivity contribution is 5.94. The Balaban J connectivity index is 1.68. The zero-order chi connectivity index (χ0) is 23.4. The van der Waals surface area contributed by atoms with E-state index >= 15 is 0 Å². The molecule has 3 aromatic rings. The summed E-state index contributed by atoms with van der Waals surface area (Å²) in [6, 6.07) is 16.6. The number of aromatic nitrogens is 2. The normalized spacial score (nSPS) is 15.8. The second-order valence-corrected chi connectivity index (χ2v) is 8.32. The first-order chi connectivity index (χ1) is 16.0. The van der Waals surface area contributed by atoms with Crippen LogP contribution in [0.4, 0.5) is 0 Å². The number of benzene rings is 2. The Bertz CT molecular complexity index is 1140. The van der Waals surface area contributed by atoms with E-state index in [0.29, 0.717) is 17.2 Å². The highest BCUT2D eigenvalue weighted by Crippen LogP contribution is 2.28. The van der Waals surface area contributed by atoms with Crippen molar-refractivity contribution in [1.82, 2.24) is 14.7 Å². The molecule has 2 aromatic carbocycles. The molecule has 2 heterocycles. The maximum Gasteiger partial charge on any atom is 0.358 e. The number of esters is 1. The Morgan fingerprint density at radius 1 is 1.12 bits per heavy atom. The topological polar surface area (TPSA) is 73.7 Å². The Labute approximate surface area is 193 Å². The monoisotopic (exact) mass is 447 g/mol. The summed E-state index contributed by atoms with van der Waals surface area (Å²) in [6.45, 7) is 5.81. The standard InChI is InChI=1S/C26H29N3O4/c1-4-33-26(31)23-16-24(20-8-5-9-22(15-20)32-3)29(27-23)21-12-10-19(11-13-21)25(30)28-14-6-7-18(2)17-28/h5,8-13,15-16,18H,4,6-7,14,17H2,1-3H3/t18-/m0/s1. The number of rotatable bonds is 6. The molecule has 0 saturated carbocycles. The van der Waals surface area contributed by atoms with Gasteiger partial charge in [0.25, 0.3) is 5.91 Å². The van der Waals surface area contributed by atoms with Crippen molar-refractivity contribution in [3.05, 3.63) is 65.9 Å². The number of hydrogen-bond donors (Lipinski definition) is 0. The van der Waals surface area contributed by atoms with Gasteiger partial charge in [0.2, 0.25) is 0 Å². The number of carbonyl (C=O) groups excluding carboxylic acids is 2. The van der Waals surface area contributed by atoms with Crippen LogP contribution in [0.15, 0.2) is 54.6 Å². The average Bonchev–Trinajstić information content (AvgIpc) is 3.30. The molecule has 0 aliphatic carbocycles. The van der Waals surface area contributed by atoms with E-state index in [1.807, 2.05) is 53.4 Å². The van der Waals surface area contributed by atoms with Crippen molar-refractivity contribution in [2.24, 2.45) is 5.92 Å². The van der Waals surface area contributed by atoms with E-state index in [2.05, 4.69) is 12.0 Å². The number of carbonyl (C=O) groups is 2. The van der Waals surface area contributed by atoms with Gasteiger partial charge in [-0.3, -0.25) is 4.79 Å². The zero-order valence-electron chi connectivity index (χ0n) is 19.3. The van der Waals surface area contributed by atoms with E-state index in [-0.39, 0.29) is 18.2 Å². The minimum atomic E-state index is -0.480. The summed E-state index contributed by atoms with van der Waals surface area (Å²) in [5, 5.41) is 4.51. The lowest BCUT2D eigenvalue weighted by Crippen LogP contribution is -2.39.